The highest BCUT2D eigenvalue weighted by molar-refractivity contribution is 5.74. The lowest BCUT2D eigenvalue weighted by Crippen LogP contribution is -2.45. The summed E-state index contributed by atoms with van der Waals surface area (Å²) in [5, 5.41) is 2.94. The first-order valence-corrected chi connectivity index (χ1v) is 7.92. The molecule has 1 N–H and O–H groups in total. The fourth-order valence-corrected chi connectivity index (χ4v) is 2.57. The maximum Gasteiger partial charge on any atom is 0.317 e. The first kappa shape index (κ1) is 15.7. The van der Waals surface area contributed by atoms with Crippen molar-refractivity contribution in [1.82, 2.24) is 10.2 Å². The number of amides is 2. The first-order valence-electron chi connectivity index (χ1n) is 7.92. The molecule has 0 aromatic heterocycles. The summed E-state index contributed by atoms with van der Waals surface area (Å²) in [7, 11) is 0. The summed E-state index contributed by atoms with van der Waals surface area (Å²) in [5.74, 6) is 1.51. The second-order valence-corrected chi connectivity index (χ2v) is 5.74. The predicted octanol–water partition coefficient (Wildman–Crippen LogP) is 3.21. The van der Waals surface area contributed by atoms with Crippen LogP contribution in [0.4, 0.5) is 4.79 Å². The Bertz CT molecular complexity index is 454. The molecule has 1 aromatic carbocycles. The van der Waals surface area contributed by atoms with Crippen LogP contribution >= 0.6 is 0 Å². The van der Waals surface area contributed by atoms with E-state index in [9.17, 15) is 4.79 Å². The van der Waals surface area contributed by atoms with E-state index in [-0.39, 0.29) is 6.03 Å². The van der Waals surface area contributed by atoms with E-state index in [0.717, 1.165) is 51.3 Å². The molecular formula is C17H26N2O2. The van der Waals surface area contributed by atoms with Gasteiger partial charge in [-0.15, -0.1) is 0 Å². The molecule has 1 aliphatic rings. The number of nitrogens with zero attached hydrogens (tertiary/aromatic N) is 1. The summed E-state index contributed by atoms with van der Waals surface area (Å²) in [6.45, 7) is 7.30. The van der Waals surface area contributed by atoms with Crippen molar-refractivity contribution in [3.05, 3.63) is 29.8 Å². The van der Waals surface area contributed by atoms with Crippen LogP contribution in [0.15, 0.2) is 24.3 Å². The fraction of sp³-hybridized carbons (Fsp3) is 0.588. The molecule has 1 heterocycles. The van der Waals surface area contributed by atoms with Crippen LogP contribution in [-0.2, 0) is 0 Å². The summed E-state index contributed by atoms with van der Waals surface area (Å²) in [4.78, 5) is 13.8. The number of carbonyl (C=O) groups is 1. The second kappa shape index (κ2) is 7.91. The number of para-hydroxylation sites is 1. The normalized spacial score (nSPS) is 15.8. The monoisotopic (exact) mass is 290 g/mol. The van der Waals surface area contributed by atoms with Gasteiger partial charge in [-0.2, -0.15) is 0 Å². The third-order valence-corrected chi connectivity index (χ3v) is 4.00. The van der Waals surface area contributed by atoms with Crippen LogP contribution in [0.2, 0.25) is 0 Å². The van der Waals surface area contributed by atoms with Gasteiger partial charge in [0, 0.05) is 19.6 Å². The number of benzene rings is 1. The number of likely N-dealkylation sites (tertiary alicyclic amines) is 1. The van der Waals surface area contributed by atoms with Crippen molar-refractivity contribution in [2.24, 2.45) is 5.92 Å². The maximum absolute atomic E-state index is 11.9. The van der Waals surface area contributed by atoms with Gasteiger partial charge in [0.25, 0.3) is 0 Å². The molecule has 1 aromatic rings. The number of piperidine rings is 1. The van der Waals surface area contributed by atoms with E-state index in [1.54, 1.807) is 0 Å². The quantitative estimate of drug-likeness (QED) is 0.904. The van der Waals surface area contributed by atoms with Gasteiger partial charge < -0.3 is 15.0 Å². The van der Waals surface area contributed by atoms with Gasteiger partial charge in [0.2, 0.25) is 0 Å². The van der Waals surface area contributed by atoms with E-state index in [4.69, 9.17) is 4.74 Å². The van der Waals surface area contributed by atoms with Crippen LogP contribution in [0.5, 0.6) is 5.75 Å². The highest BCUT2D eigenvalue weighted by Crippen LogP contribution is 2.21. The van der Waals surface area contributed by atoms with Crippen LogP contribution in [0.1, 0.15) is 31.7 Å². The Hall–Kier alpha value is -1.71. The number of hydrogen-bond acceptors (Lipinski definition) is 2. The number of aryl methyl sites for hydroxylation is 1. The Kier molecular flexibility index (Phi) is 5.90. The minimum atomic E-state index is 0.0788. The average Bonchev–Trinajstić information content (AvgIpc) is 2.52. The molecule has 0 radical (unpaired) electrons. The van der Waals surface area contributed by atoms with Gasteiger partial charge in [0.15, 0.2) is 0 Å². The van der Waals surface area contributed by atoms with Crippen LogP contribution in [0, 0.1) is 12.8 Å². The third kappa shape index (κ3) is 4.66. The largest absolute Gasteiger partial charge is 0.493 e. The van der Waals surface area contributed by atoms with Crippen molar-refractivity contribution in [2.75, 3.05) is 26.2 Å². The Morgan fingerprint density at radius 3 is 2.71 bits per heavy atom. The number of ether oxygens (including phenoxy) is 1. The Morgan fingerprint density at radius 1 is 1.33 bits per heavy atom. The van der Waals surface area contributed by atoms with Gasteiger partial charge in [-0.25, -0.2) is 4.79 Å². The zero-order valence-electron chi connectivity index (χ0n) is 13.1. The second-order valence-electron chi connectivity index (χ2n) is 5.74. The molecule has 1 saturated heterocycles. The van der Waals surface area contributed by atoms with Gasteiger partial charge in [0.1, 0.15) is 5.75 Å². The van der Waals surface area contributed by atoms with Crippen LogP contribution in [0.25, 0.3) is 0 Å². The summed E-state index contributed by atoms with van der Waals surface area (Å²) < 4.78 is 5.92. The number of carbonyl (C=O) groups excluding carboxylic acids is 1. The van der Waals surface area contributed by atoms with Crippen molar-refractivity contribution >= 4 is 6.03 Å². The van der Waals surface area contributed by atoms with E-state index in [2.05, 4.69) is 25.2 Å². The lowest BCUT2D eigenvalue weighted by molar-refractivity contribution is 0.145. The first-order chi connectivity index (χ1) is 10.2. The standard InChI is InChI=1S/C17H26N2O2/c1-3-10-18-17(20)19-11-8-15(9-12-19)13-21-16-7-5-4-6-14(16)2/h4-7,15H,3,8-13H2,1-2H3,(H,18,20). The van der Waals surface area contributed by atoms with E-state index < -0.39 is 0 Å². The molecule has 21 heavy (non-hydrogen) atoms. The Labute approximate surface area is 127 Å². The smallest absolute Gasteiger partial charge is 0.317 e. The number of hydrogen-bond donors (Lipinski definition) is 1. The molecule has 1 aliphatic heterocycles. The topological polar surface area (TPSA) is 41.6 Å². The van der Waals surface area contributed by atoms with Gasteiger partial charge >= 0.3 is 6.03 Å². The average molecular weight is 290 g/mol. The highest BCUT2D eigenvalue weighted by Gasteiger charge is 2.22. The summed E-state index contributed by atoms with van der Waals surface area (Å²) in [6.07, 6.45) is 3.02. The third-order valence-electron chi connectivity index (χ3n) is 4.00. The molecule has 0 bridgehead atoms. The van der Waals surface area contributed by atoms with Crippen molar-refractivity contribution in [3.63, 3.8) is 0 Å². The molecule has 0 saturated carbocycles. The van der Waals surface area contributed by atoms with Crippen LogP contribution in [0.3, 0.4) is 0 Å². The Balaban J connectivity index is 1.72. The lowest BCUT2D eigenvalue weighted by Gasteiger charge is -2.32. The molecule has 0 atom stereocenters. The summed E-state index contributed by atoms with van der Waals surface area (Å²) in [5.41, 5.74) is 1.17. The number of rotatable bonds is 5. The molecule has 2 amide bonds. The van der Waals surface area contributed by atoms with Crippen molar-refractivity contribution in [3.8, 4) is 5.75 Å². The van der Waals surface area contributed by atoms with Crippen molar-refractivity contribution < 1.29 is 9.53 Å². The zero-order chi connectivity index (χ0) is 15.1. The molecule has 0 spiro atoms. The molecule has 4 nitrogen and oxygen atoms in total. The summed E-state index contributed by atoms with van der Waals surface area (Å²) >= 11 is 0. The number of nitrogens with one attached hydrogen (secondary N) is 1. The minimum absolute atomic E-state index is 0.0788. The van der Waals surface area contributed by atoms with Gasteiger partial charge in [-0.1, -0.05) is 25.1 Å². The van der Waals surface area contributed by atoms with Crippen LogP contribution < -0.4 is 10.1 Å². The molecular weight excluding hydrogens is 264 g/mol. The molecule has 2 rings (SSSR count). The van der Waals surface area contributed by atoms with E-state index in [0.29, 0.717) is 5.92 Å². The van der Waals surface area contributed by atoms with E-state index in [1.807, 2.05) is 23.1 Å². The van der Waals surface area contributed by atoms with Gasteiger partial charge in [0.05, 0.1) is 6.61 Å². The minimum Gasteiger partial charge on any atom is -0.493 e. The predicted molar refractivity (Wildman–Crippen MR) is 84.7 cm³/mol. The SMILES string of the molecule is CCCNC(=O)N1CCC(COc2ccccc2C)CC1. The molecule has 116 valence electrons. The van der Waals surface area contributed by atoms with Crippen LogP contribution in [-0.4, -0.2) is 37.2 Å². The Morgan fingerprint density at radius 2 is 2.05 bits per heavy atom. The highest BCUT2D eigenvalue weighted by atomic mass is 16.5. The maximum atomic E-state index is 11.9. The molecule has 0 unspecified atom stereocenters. The zero-order valence-corrected chi connectivity index (χ0v) is 13.1. The number of urea groups is 1. The van der Waals surface area contributed by atoms with E-state index >= 15 is 0 Å². The van der Waals surface area contributed by atoms with E-state index in [1.165, 1.54) is 5.56 Å². The molecule has 4 heteroatoms. The lowest BCUT2D eigenvalue weighted by atomic mass is 9.98. The summed E-state index contributed by atoms with van der Waals surface area (Å²) in [6, 6.07) is 8.19. The molecule has 1 fully saturated rings. The van der Waals surface area contributed by atoms with Crippen molar-refractivity contribution in [2.45, 2.75) is 33.1 Å². The van der Waals surface area contributed by atoms with Crippen molar-refractivity contribution in [1.29, 1.82) is 0 Å². The fourth-order valence-electron chi connectivity index (χ4n) is 2.57. The van der Waals surface area contributed by atoms with Gasteiger partial charge in [-0.3, -0.25) is 0 Å². The molecule has 0 aliphatic carbocycles. The van der Waals surface area contributed by atoms with Gasteiger partial charge in [-0.05, 0) is 43.7 Å².